The first kappa shape index (κ1) is 13.9. The molecule has 2 aromatic heterocycles. The van der Waals surface area contributed by atoms with Crippen LogP contribution in [0.4, 0.5) is 11.5 Å². The van der Waals surface area contributed by atoms with E-state index in [-0.39, 0.29) is 5.69 Å². The molecule has 0 bridgehead atoms. The van der Waals surface area contributed by atoms with Crippen molar-refractivity contribution in [3.05, 3.63) is 35.3 Å². The summed E-state index contributed by atoms with van der Waals surface area (Å²) in [4.78, 5) is 15.7. The van der Waals surface area contributed by atoms with Crippen LogP contribution in [-0.4, -0.2) is 27.8 Å². The molecule has 0 saturated carbocycles. The average molecular weight is 275 g/mol. The van der Waals surface area contributed by atoms with Gasteiger partial charge in [-0.1, -0.05) is 0 Å². The van der Waals surface area contributed by atoms with Gasteiger partial charge in [-0.3, -0.25) is 4.68 Å². The number of pyridine rings is 1. The second-order valence-corrected chi connectivity index (χ2v) is 4.38. The van der Waals surface area contributed by atoms with Crippen LogP contribution in [0.3, 0.4) is 0 Å². The molecule has 106 valence electrons. The number of nitrogens with zero attached hydrogens (tertiary/aromatic N) is 3. The number of ether oxygens (including phenoxy) is 1. The van der Waals surface area contributed by atoms with E-state index >= 15 is 0 Å². The molecule has 7 heteroatoms. The van der Waals surface area contributed by atoms with Crippen molar-refractivity contribution in [2.45, 2.75) is 13.5 Å². The third-order valence-corrected chi connectivity index (χ3v) is 2.96. The zero-order chi connectivity index (χ0) is 14.7. The summed E-state index contributed by atoms with van der Waals surface area (Å²) in [7, 11) is 3.18. The predicted molar refractivity (Wildman–Crippen MR) is 75.3 cm³/mol. The Kier molecular flexibility index (Phi) is 3.88. The van der Waals surface area contributed by atoms with Crippen LogP contribution in [0.25, 0.3) is 0 Å². The van der Waals surface area contributed by atoms with Gasteiger partial charge in [0.05, 0.1) is 24.1 Å². The zero-order valence-electron chi connectivity index (χ0n) is 11.7. The molecule has 0 aliphatic carbocycles. The van der Waals surface area contributed by atoms with E-state index in [1.807, 2.05) is 20.2 Å². The van der Waals surface area contributed by atoms with Crippen molar-refractivity contribution in [3.63, 3.8) is 0 Å². The van der Waals surface area contributed by atoms with E-state index in [1.54, 1.807) is 4.68 Å². The Morgan fingerprint density at radius 2 is 2.30 bits per heavy atom. The molecule has 0 unspecified atom stereocenters. The van der Waals surface area contributed by atoms with Crippen LogP contribution in [0.1, 0.15) is 21.6 Å². The molecule has 0 amide bonds. The minimum atomic E-state index is -0.481. The molecule has 0 atom stereocenters. The lowest BCUT2D eigenvalue weighted by Crippen LogP contribution is -2.10. The summed E-state index contributed by atoms with van der Waals surface area (Å²) in [6.45, 7) is 2.46. The molecule has 0 spiro atoms. The van der Waals surface area contributed by atoms with Gasteiger partial charge in [-0.2, -0.15) is 5.10 Å². The maximum atomic E-state index is 11.5. The van der Waals surface area contributed by atoms with Crippen LogP contribution in [0, 0.1) is 6.92 Å². The van der Waals surface area contributed by atoms with E-state index in [0.29, 0.717) is 17.9 Å². The highest BCUT2D eigenvalue weighted by Gasteiger charge is 2.14. The van der Waals surface area contributed by atoms with E-state index in [1.165, 1.54) is 19.4 Å². The summed E-state index contributed by atoms with van der Waals surface area (Å²) in [6, 6.07) is 1.53. The van der Waals surface area contributed by atoms with Gasteiger partial charge in [0, 0.05) is 31.5 Å². The second kappa shape index (κ2) is 5.60. The molecule has 0 radical (unpaired) electrons. The Bertz CT molecular complexity index is 636. The van der Waals surface area contributed by atoms with E-state index in [2.05, 4.69) is 20.1 Å². The van der Waals surface area contributed by atoms with Crippen LogP contribution in [-0.2, 0) is 18.3 Å². The SMILES string of the molecule is COC(=O)c1ccnc(NCc2cn(C)nc2C)c1N. The van der Waals surface area contributed by atoms with Crippen molar-refractivity contribution in [3.8, 4) is 0 Å². The standard InChI is InChI=1S/C13H17N5O2/c1-8-9(7-18(2)17-8)6-16-12-11(14)10(4-5-15-12)13(19)20-3/h4-5,7H,6,14H2,1-3H3,(H,15,16). The maximum Gasteiger partial charge on any atom is 0.340 e. The van der Waals surface area contributed by atoms with Crippen molar-refractivity contribution in [1.82, 2.24) is 14.8 Å². The van der Waals surface area contributed by atoms with Gasteiger partial charge >= 0.3 is 5.97 Å². The van der Waals surface area contributed by atoms with Crippen LogP contribution in [0.5, 0.6) is 0 Å². The number of anilines is 2. The third-order valence-electron chi connectivity index (χ3n) is 2.96. The number of nitrogen functional groups attached to an aromatic ring is 1. The van der Waals surface area contributed by atoms with Crippen LogP contribution < -0.4 is 11.1 Å². The Morgan fingerprint density at radius 3 is 2.90 bits per heavy atom. The second-order valence-electron chi connectivity index (χ2n) is 4.38. The number of hydrogen-bond acceptors (Lipinski definition) is 6. The van der Waals surface area contributed by atoms with Crippen molar-refractivity contribution in [2.75, 3.05) is 18.2 Å². The summed E-state index contributed by atoms with van der Waals surface area (Å²) in [5, 5.41) is 7.36. The first-order valence-corrected chi connectivity index (χ1v) is 6.08. The molecule has 20 heavy (non-hydrogen) atoms. The van der Waals surface area contributed by atoms with E-state index < -0.39 is 5.97 Å². The van der Waals surface area contributed by atoms with E-state index in [4.69, 9.17) is 5.73 Å². The zero-order valence-corrected chi connectivity index (χ0v) is 11.7. The van der Waals surface area contributed by atoms with Crippen LogP contribution in [0.2, 0.25) is 0 Å². The van der Waals surface area contributed by atoms with Gasteiger partial charge in [0.2, 0.25) is 0 Å². The Hall–Kier alpha value is -2.57. The van der Waals surface area contributed by atoms with Crippen molar-refractivity contribution in [1.29, 1.82) is 0 Å². The van der Waals surface area contributed by atoms with Gasteiger partial charge < -0.3 is 15.8 Å². The van der Waals surface area contributed by atoms with Gasteiger partial charge in [0.25, 0.3) is 0 Å². The van der Waals surface area contributed by atoms with Gasteiger partial charge in [-0.05, 0) is 13.0 Å². The van der Waals surface area contributed by atoms with Gasteiger partial charge in [-0.15, -0.1) is 0 Å². The minimum absolute atomic E-state index is 0.279. The fraction of sp³-hybridized carbons (Fsp3) is 0.308. The molecular weight excluding hydrogens is 258 g/mol. The molecule has 2 rings (SSSR count). The molecule has 7 nitrogen and oxygen atoms in total. The van der Waals surface area contributed by atoms with Gasteiger partial charge in [0.1, 0.15) is 5.82 Å². The largest absolute Gasteiger partial charge is 0.465 e. The number of aromatic nitrogens is 3. The molecule has 3 N–H and O–H groups in total. The summed E-state index contributed by atoms with van der Waals surface area (Å²) in [6.07, 6.45) is 3.43. The lowest BCUT2D eigenvalue weighted by molar-refractivity contribution is 0.0602. The van der Waals surface area contributed by atoms with Crippen molar-refractivity contribution < 1.29 is 9.53 Å². The monoisotopic (exact) mass is 275 g/mol. The molecule has 0 aliphatic heterocycles. The third kappa shape index (κ3) is 2.71. The number of carbonyl (C=O) groups is 1. The number of hydrogen-bond donors (Lipinski definition) is 2. The Labute approximate surface area is 116 Å². The lowest BCUT2D eigenvalue weighted by Gasteiger charge is -2.10. The fourth-order valence-corrected chi connectivity index (χ4v) is 1.90. The van der Waals surface area contributed by atoms with E-state index in [0.717, 1.165) is 11.3 Å². The number of esters is 1. The predicted octanol–water partition coefficient (Wildman–Crippen LogP) is 1.10. The maximum absolute atomic E-state index is 11.5. The van der Waals surface area contributed by atoms with Crippen LogP contribution >= 0.6 is 0 Å². The molecule has 2 aromatic rings. The summed E-state index contributed by atoms with van der Waals surface area (Å²) < 4.78 is 6.41. The first-order valence-electron chi connectivity index (χ1n) is 6.08. The van der Waals surface area contributed by atoms with Crippen LogP contribution in [0.15, 0.2) is 18.5 Å². The van der Waals surface area contributed by atoms with E-state index in [9.17, 15) is 4.79 Å². The Balaban J connectivity index is 2.18. The molecule has 0 saturated heterocycles. The number of rotatable bonds is 4. The number of nitrogens with two attached hydrogens (primary N) is 1. The summed E-state index contributed by atoms with van der Waals surface area (Å²) in [5.41, 5.74) is 8.47. The first-order chi connectivity index (χ1) is 9.52. The highest BCUT2D eigenvalue weighted by atomic mass is 16.5. The molecule has 0 aromatic carbocycles. The van der Waals surface area contributed by atoms with Gasteiger partial charge in [0.15, 0.2) is 0 Å². The number of aryl methyl sites for hydroxylation is 2. The number of methoxy groups -OCH3 is 1. The fourth-order valence-electron chi connectivity index (χ4n) is 1.90. The normalized spacial score (nSPS) is 10.3. The highest BCUT2D eigenvalue weighted by molar-refractivity contribution is 5.97. The topological polar surface area (TPSA) is 95.1 Å². The van der Waals surface area contributed by atoms with Gasteiger partial charge in [-0.25, -0.2) is 9.78 Å². The molecule has 0 fully saturated rings. The smallest absolute Gasteiger partial charge is 0.340 e. The lowest BCUT2D eigenvalue weighted by atomic mass is 10.2. The highest BCUT2D eigenvalue weighted by Crippen LogP contribution is 2.21. The average Bonchev–Trinajstić information content (AvgIpc) is 2.75. The molecule has 0 aliphatic rings. The quantitative estimate of drug-likeness (QED) is 0.811. The molecular formula is C13H17N5O2. The number of nitrogens with one attached hydrogen (secondary N) is 1. The van der Waals surface area contributed by atoms with Crippen molar-refractivity contribution in [2.24, 2.45) is 7.05 Å². The summed E-state index contributed by atoms with van der Waals surface area (Å²) >= 11 is 0. The minimum Gasteiger partial charge on any atom is -0.465 e. The Morgan fingerprint density at radius 1 is 1.55 bits per heavy atom. The molecule has 2 heterocycles. The number of carbonyl (C=O) groups excluding carboxylic acids is 1. The summed E-state index contributed by atoms with van der Waals surface area (Å²) in [5.74, 6) is -0.0262. The van der Waals surface area contributed by atoms with Crippen molar-refractivity contribution >= 4 is 17.5 Å².